The van der Waals surface area contributed by atoms with Crippen molar-refractivity contribution in [2.45, 2.75) is 53.4 Å². The molecule has 0 atom stereocenters. The van der Waals surface area contributed by atoms with Crippen molar-refractivity contribution in [2.24, 2.45) is 0 Å². The van der Waals surface area contributed by atoms with Gasteiger partial charge in [-0.15, -0.1) is 0 Å². The highest BCUT2D eigenvalue weighted by Crippen LogP contribution is 2.27. The Morgan fingerprint density at radius 2 is 1.68 bits per heavy atom. The van der Waals surface area contributed by atoms with E-state index in [-0.39, 0.29) is 23.9 Å². The van der Waals surface area contributed by atoms with Crippen LogP contribution in [0.2, 0.25) is 0 Å². The number of hydrogen-bond acceptors (Lipinski definition) is 3. The van der Waals surface area contributed by atoms with E-state index in [0.29, 0.717) is 18.1 Å². The molecule has 0 aliphatic carbocycles. The number of urea groups is 1. The molecule has 0 saturated carbocycles. The van der Waals surface area contributed by atoms with Crippen LogP contribution in [0.3, 0.4) is 0 Å². The van der Waals surface area contributed by atoms with Gasteiger partial charge in [-0.3, -0.25) is 4.79 Å². The van der Waals surface area contributed by atoms with Gasteiger partial charge in [-0.2, -0.15) is 5.10 Å². The van der Waals surface area contributed by atoms with Crippen molar-refractivity contribution in [3.05, 3.63) is 71.4 Å². The van der Waals surface area contributed by atoms with Crippen molar-refractivity contribution in [2.75, 3.05) is 23.7 Å². The van der Waals surface area contributed by atoms with Crippen molar-refractivity contribution in [1.29, 1.82) is 0 Å². The van der Waals surface area contributed by atoms with Crippen LogP contribution in [0.15, 0.2) is 54.6 Å². The Labute approximate surface area is 202 Å². The molecular weight excluding hydrogens is 426 g/mol. The quantitative estimate of drug-likeness (QED) is 0.476. The lowest BCUT2D eigenvalue weighted by Gasteiger charge is -2.22. The summed E-state index contributed by atoms with van der Waals surface area (Å²) in [6, 6.07) is 17.1. The first-order chi connectivity index (χ1) is 16.1. The molecule has 1 heterocycles. The molecule has 3 amide bonds. The SMILES string of the molecule is CCCN(CC(=O)Nc1cc(C(C)(C)C)nn1-c1ccccc1C)C(=O)Nc1ccc(C)cc1. The average molecular weight is 462 g/mol. The van der Waals surface area contributed by atoms with Crippen LogP contribution in [-0.2, 0) is 10.2 Å². The molecule has 0 saturated heterocycles. The van der Waals surface area contributed by atoms with Gasteiger partial charge < -0.3 is 15.5 Å². The largest absolute Gasteiger partial charge is 0.322 e. The lowest BCUT2D eigenvalue weighted by Crippen LogP contribution is -2.41. The Hall–Kier alpha value is -3.61. The Morgan fingerprint density at radius 3 is 2.29 bits per heavy atom. The van der Waals surface area contributed by atoms with E-state index < -0.39 is 0 Å². The van der Waals surface area contributed by atoms with Crippen molar-refractivity contribution >= 4 is 23.4 Å². The summed E-state index contributed by atoms with van der Waals surface area (Å²) in [5.41, 5.74) is 4.44. The fourth-order valence-corrected chi connectivity index (χ4v) is 3.54. The Balaban J connectivity index is 1.80. The zero-order valence-electron chi connectivity index (χ0n) is 21.0. The number of hydrogen-bond donors (Lipinski definition) is 2. The number of para-hydroxylation sites is 1. The Morgan fingerprint density at radius 1 is 1.00 bits per heavy atom. The van der Waals surface area contributed by atoms with Gasteiger partial charge in [0.25, 0.3) is 0 Å². The van der Waals surface area contributed by atoms with Gasteiger partial charge in [0.2, 0.25) is 5.91 Å². The van der Waals surface area contributed by atoms with Crippen LogP contribution in [-0.4, -0.2) is 39.7 Å². The number of rotatable bonds is 7. The zero-order valence-corrected chi connectivity index (χ0v) is 21.0. The summed E-state index contributed by atoms with van der Waals surface area (Å²) in [7, 11) is 0. The number of aryl methyl sites for hydroxylation is 2. The first kappa shape index (κ1) is 25.0. The molecule has 0 fully saturated rings. The van der Waals surface area contributed by atoms with E-state index in [0.717, 1.165) is 28.9 Å². The predicted octanol–water partition coefficient (Wildman–Crippen LogP) is 5.67. The van der Waals surface area contributed by atoms with E-state index in [1.807, 2.05) is 75.4 Å². The molecule has 3 rings (SSSR count). The van der Waals surface area contributed by atoms with E-state index in [1.165, 1.54) is 4.90 Å². The molecule has 0 aliphatic rings. The summed E-state index contributed by atoms with van der Waals surface area (Å²) in [4.78, 5) is 27.4. The second-order valence-electron chi connectivity index (χ2n) is 9.63. The van der Waals surface area contributed by atoms with Crippen molar-refractivity contribution < 1.29 is 9.59 Å². The molecule has 0 bridgehead atoms. The van der Waals surface area contributed by atoms with Crippen molar-refractivity contribution in [3.8, 4) is 5.69 Å². The summed E-state index contributed by atoms with van der Waals surface area (Å²) >= 11 is 0. The third-order valence-corrected chi connectivity index (χ3v) is 5.51. The van der Waals surface area contributed by atoms with Gasteiger partial charge in [0.15, 0.2) is 0 Å². The lowest BCUT2D eigenvalue weighted by molar-refractivity contribution is -0.116. The van der Waals surface area contributed by atoms with E-state index in [4.69, 9.17) is 5.10 Å². The number of nitrogens with one attached hydrogen (secondary N) is 2. The smallest absolute Gasteiger partial charge is 0.315 e. The molecule has 2 aromatic carbocycles. The van der Waals surface area contributed by atoms with Crippen LogP contribution in [0.25, 0.3) is 5.69 Å². The molecule has 0 aliphatic heterocycles. The van der Waals surface area contributed by atoms with Crippen LogP contribution in [0.1, 0.15) is 50.9 Å². The third-order valence-electron chi connectivity index (χ3n) is 5.51. The molecule has 34 heavy (non-hydrogen) atoms. The number of nitrogens with zero attached hydrogens (tertiary/aromatic N) is 3. The van der Waals surface area contributed by atoms with E-state index >= 15 is 0 Å². The maximum atomic E-state index is 13.1. The number of benzene rings is 2. The van der Waals surface area contributed by atoms with Crippen molar-refractivity contribution in [1.82, 2.24) is 14.7 Å². The molecule has 180 valence electrons. The molecule has 0 unspecified atom stereocenters. The zero-order chi connectivity index (χ0) is 24.9. The standard InChI is InChI=1S/C27H35N5O2/c1-7-16-31(26(34)28-21-14-12-19(2)13-15-21)18-25(33)29-24-17-23(27(4,5)6)30-32(24)22-11-9-8-10-20(22)3/h8-15,17H,7,16,18H2,1-6H3,(H,28,34)(H,29,33). The van der Waals surface area contributed by atoms with Gasteiger partial charge in [0.05, 0.1) is 11.4 Å². The van der Waals surface area contributed by atoms with Gasteiger partial charge in [-0.05, 0) is 44.0 Å². The lowest BCUT2D eigenvalue weighted by atomic mass is 9.92. The minimum absolute atomic E-state index is 0.0602. The second kappa shape index (κ2) is 10.5. The second-order valence-corrected chi connectivity index (χ2v) is 9.63. The summed E-state index contributed by atoms with van der Waals surface area (Å²) in [6.45, 7) is 12.6. The van der Waals surface area contributed by atoms with Crippen LogP contribution in [0.5, 0.6) is 0 Å². The number of anilines is 2. The summed E-state index contributed by atoms with van der Waals surface area (Å²) in [6.07, 6.45) is 0.740. The van der Waals surface area contributed by atoms with Crippen LogP contribution < -0.4 is 10.6 Å². The number of aromatic nitrogens is 2. The van der Waals surface area contributed by atoms with E-state index in [9.17, 15) is 9.59 Å². The minimum atomic E-state index is -0.302. The van der Waals surface area contributed by atoms with Gasteiger partial charge >= 0.3 is 6.03 Å². The fraction of sp³-hybridized carbons (Fsp3) is 0.370. The topological polar surface area (TPSA) is 79.3 Å². The third kappa shape index (κ3) is 6.25. The first-order valence-electron chi connectivity index (χ1n) is 11.7. The Bertz CT molecular complexity index is 1140. The number of carbonyl (C=O) groups is 2. The fourth-order valence-electron chi connectivity index (χ4n) is 3.54. The molecule has 0 spiro atoms. The average Bonchev–Trinajstić information content (AvgIpc) is 3.19. The maximum absolute atomic E-state index is 13.1. The van der Waals surface area contributed by atoms with Gasteiger partial charge in [-0.1, -0.05) is 63.6 Å². The van der Waals surface area contributed by atoms with Gasteiger partial charge in [0.1, 0.15) is 12.4 Å². The molecule has 3 aromatic rings. The number of amides is 3. The first-order valence-corrected chi connectivity index (χ1v) is 11.7. The molecular formula is C27H35N5O2. The number of carbonyl (C=O) groups excluding carboxylic acids is 2. The molecule has 7 heteroatoms. The Kier molecular flexibility index (Phi) is 7.76. The van der Waals surface area contributed by atoms with Crippen LogP contribution >= 0.6 is 0 Å². The molecule has 7 nitrogen and oxygen atoms in total. The monoisotopic (exact) mass is 461 g/mol. The van der Waals surface area contributed by atoms with E-state index in [1.54, 1.807) is 4.68 Å². The van der Waals surface area contributed by atoms with E-state index in [2.05, 4.69) is 31.4 Å². The van der Waals surface area contributed by atoms with Gasteiger partial charge in [-0.25, -0.2) is 9.48 Å². The summed E-state index contributed by atoms with van der Waals surface area (Å²) < 4.78 is 1.77. The summed E-state index contributed by atoms with van der Waals surface area (Å²) in [5.74, 6) is 0.308. The van der Waals surface area contributed by atoms with Crippen LogP contribution in [0.4, 0.5) is 16.3 Å². The molecule has 0 radical (unpaired) electrons. The van der Waals surface area contributed by atoms with Crippen LogP contribution in [0, 0.1) is 13.8 Å². The summed E-state index contributed by atoms with van der Waals surface area (Å²) in [5, 5.41) is 10.7. The van der Waals surface area contributed by atoms with Crippen molar-refractivity contribution in [3.63, 3.8) is 0 Å². The van der Waals surface area contributed by atoms with Gasteiger partial charge in [0, 0.05) is 23.7 Å². The normalized spacial score (nSPS) is 11.2. The highest BCUT2D eigenvalue weighted by atomic mass is 16.2. The predicted molar refractivity (Wildman–Crippen MR) is 138 cm³/mol. The minimum Gasteiger partial charge on any atom is -0.315 e. The molecule has 2 N–H and O–H groups in total. The maximum Gasteiger partial charge on any atom is 0.322 e. The highest BCUT2D eigenvalue weighted by molar-refractivity contribution is 5.96. The molecule has 1 aromatic heterocycles. The highest BCUT2D eigenvalue weighted by Gasteiger charge is 2.23.